The van der Waals surface area contributed by atoms with E-state index in [1.807, 2.05) is 41.3 Å². The molecule has 5 nitrogen and oxygen atoms in total. The zero-order valence-electron chi connectivity index (χ0n) is 17.8. The van der Waals surface area contributed by atoms with Crippen molar-refractivity contribution in [3.05, 3.63) is 82.2 Å². The molecule has 3 heterocycles. The van der Waals surface area contributed by atoms with E-state index in [0.29, 0.717) is 5.92 Å². The third-order valence-electron chi connectivity index (χ3n) is 6.40. The molecule has 2 unspecified atom stereocenters. The summed E-state index contributed by atoms with van der Waals surface area (Å²) < 4.78 is 0. The second-order valence-corrected chi connectivity index (χ2v) is 10.5. The highest BCUT2D eigenvalue weighted by molar-refractivity contribution is 8.13. The van der Waals surface area contributed by atoms with Crippen LogP contribution in [0.2, 0.25) is 0 Å². The molecule has 6 rings (SSSR count). The maximum absolute atomic E-state index is 13.9. The molecule has 1 aromatic heterocycles. The number of thiophene rings is 1. The van der Waals surface area contributed by atoms with E-state index >= 15 is 0 Å². The fourth-order valence-corrected chi connectivity index (χ4v) is 7.35. The van der Waals surface area contributed by atoms with Crippen LogP contribution in [0.15, 0.2) is 65.8 Å². The van der Waals surface area contributed by atoms with Crippen LogP contribution in [0.4, 0.5) is 10.7 Å². The molecule has 7 heteroatoms. The molecule has 2 aliphatic heterocycles. The summed E-state index contributed by atoms with van der Waals surface area (Å²) in [5, 5.41) is 6.67. The highest BCUT2D eigenvalue weighted by Crippen LogP contribution is 2.49. The molecule has 0 fully saturated rings. The average Bonchev–Trinajstić information content (AvgIpc) is 3.42. The van der Waals surface area contributed by atoms with Gasteiger partial charge in [-0.1, -0.05) is 67.2 Å². The molecule has 32 heavy (non-hydrogen) atoms. The van der Waals surface area contributed by atoms with Gasteiger partial charge in [-0.3, -0.25) is 20.0 Å². The lowest BCUT2D eigenvalue weighted by molar-refractivity contribution is 0.0967. The molecule has 0 saturated carbocycles. The number of thioether (sulfide) groups is 1. The Kier molecular flexibility index (Phi) is 4.96. The van der Waals surface area contributed by atoms with Crippen molar-refractivity contribution in [2.45, 2.75) is 44.1 Å². The number of anilines is 2. The fourth-order valence-electron chi connectivity index (χ4n) is 4.88. The van der Waals surface area contributed by atoms with Crippen LogP contribution in [0.5, 0.6) is 0 Å². The smallest absolute Gasteiger partial charge is 0.264 e. The zero-order valence-corrected chi connectivity index (χ0v) is 19.5. The van der Waals surface area contributed by atoms with Gasteiger partial charge in [-0.2, -0.15) is 5.10 Å². The number of aryl methyl sites for hydroxylation is 1. The number of amides is 1. The van der Waals surface area contributed by atoms with Crippen molar-refractivity contribution < 1.29 is 4.79 Å². The number of fused-ring (bicyclic) bond motifs is 5. The summed E-state index contributed by atoms with van der Waals surface area (Å²) in [5.41, 5.74) is 7.56. The molecule has 0 spiro atoms. The van der Waals surface area contributed by atoms with Crippen molar-refractivity contribution in [2.24, 2.45) is 5.10 Å². The van der Waals surface area contributed by atoms with E-state index in [1.54, 1.807) is 23.1 Å². The SMILES string of the molecule is CC1CCCc2sc3c(c21)C(=O)N(c1ccccc1)C1NN=C(SCc2ccccc2)N31. The van der Waals surface area contributed by atoms with Gasteiger partial charge in [0.2, 0.25) is 6.29 Å². The summed E-state index contributed by atoms with van der Waals surface area (Å²) >= 11 is 3.50. The second-order valence-electron chi connectivity index (χ2n) is 8.46. The third kappa shape index (κ3) is 3.14. The van der Waals surface area contributed by atoms with Crippen LogP contribution in [0.3, 0.4) is 0 Å². The molecule has 1 amide bonds. The molecule has 162 valence electrons. The van der Waals surface area contributed by atoms with Crippen LogP contribution in [0.25, 0.3) is 0 Å². The standard InChI is InChI=1S/C25H24N4OS2/c1-16-9-8-14-19-20(16)21-22(30)28(18-12-6-3-7-13-18)24-26-27-25(29(24)23(21)32-19)31-15-17-10-4-2-5-11-17/h2-7,10-13,16,24,26H,8-9,14-15H2,1H3. The second kappa shape index (κ2) is 7.98. The molecule has 3 aromatic rings. The van der Waals surface area contributed by atoms with E-state index in [4.69, 9.17) is 5.10 Å². The molecule has 3 aliphatic rings. The van der Waals surface area contributed by atoms with Crippen molar-refractivity contribution >= 4 is 44.9 Å². The predicted octanol–water partition coefficient (Wildman–Crippen LogP) is 5.75. The molecule has 2 atom stereocenters. The highest BCUT2D eigenvalue weighted by atomic mass is 32.2. The van der Waals surface area contributed by atoms with E-state index in [9.17, 15) is 4.79 Å². The van der Waals surface area contributed by atoms with Crippen molar-refractivity contribution in [1.29, 1.82) is 0 Å². The van der Waals surface area contributed by atoms with Crippen LogP contribution in [-0.4, -0.2) is 17.4 Å². The molecule has 0 bridgehead atoms. The van der Waals surface area contributed by atoms with Gasteiger partial charge in [0.25, 0.3) is 5.91 Å². The zero-order chi connectivity index (χ0) is 21.7. The van der Waals surface area contributed by atoms with Gasteiger partial charge in [0.15, 0.2) is 5.17 Å². The fraction of sp³-hybridized carbons (Fsp3) is 0.280. The molecular weight excluding hydrogens is 436 g/mol. The van der Waals surface area contributed by atoms with Crippen LogP contribution in [-0.2, 0) is 12.2 Å². The maximum atomic E-state index is 13.9. The number of hydrogen-bond acceptors (Lipinski definition) is 6. The lowest BCUT2D eigenvalue weighted by Crippen LogP contribution is -2.58. The monoisotopic (exact) mass is 460 g/mol. The Bertz CT molecular complexity index is 1190. The van der Waals surface area contributed by atoms with Crippen molar-refractivity contribution in [2.75, 3.05) is 9.80 Å². The average molecular weight is 461 g/mol. The Labute approximate surface area is 196 Å². The summed E-state index contributed by atoms with van der Waals surface area (Å²) in [6, 6.07) is 20.4. The first-order valence-electron chi connectivity index (χ1n) is 11.1. The van der Waals surface area contributed by atoms with E-state index in [-0.39, 0.29) is 12.2 Å². The molecule has 1 N–H and O–H groups in total. The predicted molar refractivity (Wildman–Crippen MR) is 133 cm³/mol. The molecule has 2 aromatic carbocycles. The lowest BCUT2D eigenvalue weighted by atomic mass is 9.85. The van der Waals surface area contributed by atoms with E-state index in [1.165, 1.54) is 22.4 Å². The first-order chi connectivity index (χ1) is 15.7. The maximum Gasteiger partial charge on any atom is 0.264 e. The first-order valence-corrected chi connectivity index (χ1v) is 12.9. The third-order valence-corrected chi connectivity index (χ3v) is 8.69. The van der Waals surface area contributed by atoms with Gasteiger partial charge in [0.05, 0.1) is 5.56 Å². The number of carbonyl (C=O) groups excluding carboxylic acids is 1. The number of nitrogens with one attached hydrogen (secondary N) is 1. The normalized spacial score (nSPS) is 21.5. The van der Waals surface area contributed by atoms with Gasteiger partial charge in [0.1, 0.15) is 5.00 Å². The van der Waals surface area contributed by atoms with Crippen LogP contribution < -0.4 is 15.2 Å². The molecule has 0 radical (unpaired) electrons. The molecule has 1 aliphatic carbocycles. The Morgan fingerprint density at radius 1 is 1.09 bits per heavy atom. The Morgan fingerprint density at radius 2 is 1.84 bits per heavy atom. The summed E-state index contributed by atoms with van der Waals surface area (Å²) in [4.78, 5) is 19.4. The van der Waals surface area contributed by atoms with Gasteiger partial charge in [-0.25, -0.2) is 0 Å². The van der Waals surface area contributed by atoms with Crippen LogP contribution in [0, 0.1) is 0 Å². The molecule has 0 saturated heterocycles. The molecular formula is C25H24N4OS2. The number of rotatable bonds is 3. The van der Waals surface area contributed by atoms with Gasteiger partial charge >= 0.3 is 0 Å². The van der Waals surface area contributed by atoms with E-state index in [2.05, 4.69) is 41.5 Å². The van der Waals surface area contributed by atoms with Crippen LogP contribution in [0.1, 0.15) is 52.0 Å². The quantitative estimate of drug-likeness (QED) is 0.541. The lowest BCUT2D eigenvalue weighted by Gasteiger charge is -2.40. The number of hydrogen-bond donors (Lipinski definition) is 1. The summed E-state index contributed by atoms with van der Waals surface area (Å²) in [5.74, 6) is 1.32. The van der Waals surface area contributed by atoms with Gasteiger partial charge in [-0.05, 0) is 48.4 Å². The summed E-state index contributed by atoms with van der Waals surface area (Å²) in [6.45, 7) is 2.26. The van der Waals surface area contributed by atoms with E-state index in [0.717, 1.165) is 40.0 Å². The van der Waals surface area contributed by atoms with Gasteiger partial charge in [0, 0.05) is 16.3 Å². The number of hydrazone groups is 1. The van der Waals surface area contributed by atoms with Crippen molar-refractivity contribution in [3.8, 4) is 0 Å². The Balaban J connectivity index is 1.43. The van der Waals surface area contributed by atoms with E-state index < -0.39 is 0 Å². The summed E-state index contributed by atoms with van der Waals surface area (Å²) in [6.07, 6.45) is 3.05. The first kappa shape index (κ1) is 19.9. The number of para-hydroxylation sites is 1. The van der Waals surface area contributed by atoms with Crippen molar-refractivity contribution in [3.63, 3.8) is 0 Å². The van der Waals surface area contributed by atoms with Gasteiger partial charge < -0.3 is 0 Å². The van der Waals surface area contributed by atoms with Crippen molar-refractivity contribution in [1.82, 2.24) is 5.43 Å². The number of benzene rings is 2. The topological polar surface area (TPSA) is 47.9 Å². The number of carbonyl (C=O) groups is 1. The Hall–Kier alpha value is -2.77. The Morgan fingerprint density at radius 3 is 2.62 bits per heavy atom. The minimum Gasteiger partial charge on any atom is -0.269 e. The van der Waals surface area contributed by atoms with Gasteiger partial charge in [-0.15, -0.1) is 11.3 Å². The largest absolute Gasteiger partial charge is 0.269 e. The minimum absolute atomic E-state index is 0.0794. The van der Waals surface area contributed by atoms with Crippen LogP contribution >= 0.6 is 23.1 Å². The summed E-state index contributed by atoms with van der Waals surface area (Å²) in [7, 11) is 0. The highest BCUT2D eigenvalue weighted by Gasteiger charge is 2.47. The number of amidine groups is 1. The number of nitrogens with zero attached hydrogens (tertiary/aromatic N) is 3. The minimum atomic E-state index is -0.342.